The Morgan fingerprint density at radius 2 is 1.14 bits per heavy atom. The van der Waals surface area contributed by atoms with Crippen LogP contribution in [0.4, 0.5) is 0 Å². The number of carbonyl (C=O) groups is 1. The number of phenolic OH excluding ortho intramolecular Hbond substituents is 1. The second kappa shape index (κ2) is 7.75. The van der Waals surface area contributed by atoms with Gasteiger partial charge < -0.3 is 9.84 Å². The zero-order chi connectivity index (χ0) is 21.2. The molecule has 3 heteroatoms. The van der Waals surface area contributed by atoms with Crippen LogP contribution in [0.25, 0.3) is 0 Å². The molecule has 0 spiro atoms. The van der Waals surface area contributed by atoms with Gasteiger partial charge in [0, 0.05) is 22.0 Å². The molecule has 0 atom stereocenters. The van der Waals surface area contributed by atoms with Crippen LogP contribution in [-0.2, 0) is 15.6 Å². The van der Waals surface area contributed by atoms with Crippen molar-refractivity contribution >= 4 is 5.97 Å². The van der Waals surface area contributed by atoms with Gasteiger partial charge in [0.25, 0.3) is 0 Å². The minimum atomic E-state index is -0.503. The van der Waals surface area contributed by atoms with Crippen LogP contribution in [-0.4, -0.2) is 18.2 Å². The Morgan fingerprint density at radius 3 is 1.48 bits per heavy atom. The summed E-state index contributed by atoms with van der Waals surface area (Å²) >= 11 is 0. The van der Waals surface area contributed by atoms with Crippen molar-refractivity contribution in [2.24, 2.45) is 0 Å². The lowest BCUT2D eigenvalue weighted by molar-refractivity contribution is 0.0600. The van der Waals surface area contributed by atoms with Gasteiger partial charge in [-0.3, -0.25) is 0 Å². The first kappa shape index (κ1) is 20.7. The van der Waals surface area contributed by atoms with Crippen LogP contribution in [0.15, 0.2) is 72.8 Å². The second-order valence-corrected chi connectivity index (χ2v) is 8.39. The first-order valence-electron chi connectivity index (χ1n) is 9.77. The van der Waals surface area contributed by atoms with Gasteiger partial charge in [-0.2, -0.15) is 0 Å². The largest absolute Gasteiger partial charge is 0.507 e. The van der Waals surface area contributed by atoms with E-state index in [2.05, 4.69) is 27.7 Å². The minimum Gasteiger partial charge on any atom is -0.507 e. The number of ether oxygens (including phenoxy) is 1. The molecule has 3 aromatic carbocycles. The molecular weight excluding hydrogens is 360 g/mol. The average Bonchev–Trinajstić information content (AvgIpc) is 2.74. The van der Waals surface area contributed by atoms with Gasteiger partial charge in [0.05, 0.1) is 12.7 Å². The molecule has 1 N–H and O–H groups in total. The molecule has 0 heterocycles. The number of aromatic hydroxyl groups is 1. The van der Waals surface area contributed by atoms with Crippen LogP contribution in [0.5, 0.6) is 5.75 Å². The SMILES string of the molecule is COC(=O)c1cc(C(C)(C)c2ccccc2)c(O)c(C(C)(C)c2ccccc2)c1. The summed E-state index contributed by atoms with van der Waals surface area (Å²) < 4.78 is 5.00. The molecule has 0 saturated carbocycles. The lowest BCUT2D eigenvalue weighted by atomic mass is 9.71. The summed E-state index contributed by atoms with van der Waals surface area (Å²) in [5.41, 5.74) is 2.94. The Labute approximate surface area is 173 Å². The predicted octanol–water partition coefficient (Wildman–Crippen LogP) is 5.83. The van der Waals surface area contributed by atoms with E-state index < -0.39 is 16.8 Å². The summed E-state index contributed by atoms with van der Waals surface area (Å²) in [6, 6.07) is 23.5. The summed E-state index contributed by atoms with van der Waals surface area (Å²) in [7, 11) is 1.37. The molecule has 3 aromatic rings. The molecule has 0 aliphatic carbocycles. The standard InChI is InChI=1S/C26H28O3/c1-25(2,19-12-8-6-9-13-19)21-16-18(24(28)29-5)17-22(23(21)27)26(3,4)20-14-10-7-11-15-20/h6-17,27H,1-5H3. The number of hydrogen-bond acceptors (Lipinski definition) is 3. The number of methoxy groups -OCH3 is 1. The van der Waals surface area contributed by atoms with Gasteiger partial charge in [-0.05, 0) is 23.3 Å². The van der Waals surface area contributed by atoms with E-state index in [4.69, 9.17) is 4.74 Å². The van der Waals surface area contributed by atoms with E-state index in [-0.39, 0.29) is 5.75 Å². The summed E-state index contributed by atoms with van der Waals surface area (Å²) in [6.45, 7) is 8.21. The predicted molar refractivity (Wildman–Crippen MR) is 117 cm³/mol. The zero-order valence-corrected chi connectivity index (χ0v) is 17.7. The van der Waals surface area contributed by atoms with Gasteiger partial charge in [0.15, 0.2) is 0 Å². The van der Waals surface area contributed by atoms with Crippen molar-refractivity contribution in [3.05, 3.63) is 101 Å². The van der Waals surface area contributed by atoms with E-state index in [1.165, 1.54) is 7.11 Å². The average molecular weight is 389 g/mol. The van der Waals surface area contributed by atoms with Crippen molar-refractivity contribution in [1.29, 1.82) is 0 Å². The number of phenols is 1. The molecule has 3 nitrogen and oxygen atoms in total. The Bertz CT molecular complexity index is 930. The Morgan fingerprint density at radius 1 is 0.759 bits per heavy atom. The van der Waals surface area contributed by atoms with Crippen molar-refractivity contribution in [1.82, 2.24) is 0 Å². The summed E-state index contributed by atoms with van der Waals surface area (Å²) in [6.07, 6.45) is 0. The van der Waals surface area contributed by atoms with Crippen molar-refractivity contribution in [2.75, 3.05) is 7.11 Å². The fraction of sp³-hybridized carbons (Fsp3) is 0.269. The topological polar surface area (TPSA) is 46.5 Å². The zero-order valence-electron chi connectivity index (χ0n) is 17.7. The molecule has 0 bridgehead atoms. The summed E-state index contributed by atoms with van der Waals surface area (Å²) in [5, 5.41) is 11.4. The third kappa shape index (κ3) is 3.77. The van der Waals surface area contributed by atoms with Crippen LogP contribution in [0.1, 0.15) is 60.3 Å². The molecule has 0 amide bonds. The molecule has 0 unspecified atom stereocenters. The fourth-order valence-corrected chi connectivity index (χ4v) is 3.84. The third-order valence-corrected chi connectivity index (χ3v) is 5.87. The molecule has 0 fully saturated rings. The molecule has 3 rings (SSSR count). The maximum Gasteiger partial charge on any atom is 0.337 e. The Balaban J connectivity index is 2.28. The number of carbonyl (C=O) groups excluding carboxylic acids is 1. The summed E-state index contributed by atoms with van der Waals surface area (Å²) in [4.78, 5) is 12.5. The number of esters is 1. The summed E-state index contributed by atoms with van der Waals surface area (Å²) in [5.74, 6) is -0.208. The second-order valence-electron chi connectivity index (χ2n) is 8.39. The van der Waals surface area contributed by atoms with Gasteiger partial charge in [-0.15, -0.1) is 0 Å². The fourth-order valence-electron chi connectivity index (χ4n) is 3.84. The highest BCUT2D eigenvalue weighted by Crippen LogP contribution is 2.45. The Hall–Kier alpha value is -3.07. The number of benzene rings is 3. The monoisotopic (exact) mass is 388 g/mol. The number of hydrogen-bond donors (Lipinski definition) is 1. The van der Waals surface area contributed by atoms with Crippen molar-refractivity contribution < 1.29 is 14.6 Å². The van der Waals surface area contributed by atoms with Crippen LogP contribution in [0.3, 0.4) is 0 Å². The Kier molecular flexibility index (Phi) is 5.52. The smallest absolute Gasteiger partial charge is 0.337 e. The lowest BCUT2D eigenvalue weighted by Gasteiger charge is -2.33. The first-order chi connectivity index (χ1) is 13.7. The van der Waals surface area contributed by atoms with Crippen LogP contribution in [0.2, 0.25) is 0 Å². The van der Waals surface area contributed by atoms with E-state index in [0.717, 1.165) is 11.1 Å². The highest BCUT2D eigenvalue weighted by atomic mass is 16.5. The minimum absolute atomic E-state index is 0.209. The molecule has 0 aliphatic rings. The first-order valence-corrected chi connectivity index (χ1v) is 9.77. The highest BCUT2D eigenvalue weighted by Gasteiger charge is 2.34. The van der Waals surface area contributed by atoms with Gasteiger partial charge in [0.1, 0.15) is 5.75 Å². The van der Waals surface area contributed by atoms with Gasteiger partial charge >= 0.3 is 5.97 Å². The molecule has 0 saturated heterocycles. The lowest BCUT2D eigenvalue weighted by Crippen LogP contribution is -2.24. The van der Waals surface area contributed by atoms with E-state index in [0.29, 0.717) is 16.7 Å². The van der Waals surface area contributed by atoms with E-state index in [1.54, 1.807) is 12.1 Å². The third-order valence-electron chi connectivity index (χ3n) is 5.87. The van der Waals surface area contributed by atoms with Crippen LogP contribution in [0, 0.1) is 0 Å². The van der Waals surface area contributed by atoms with Crippen molar-refractivity contribution in [2.45, 2.75) is 38.5 Å². The van der Waals surface area contributed by atoms with E-state index in [9.17, 15) is 9.90 Å². The van der Waals surface area contributed by atoms with Crippen LogP contribution < -0.4 is 0 Å². The molecule has 29 heavy (non-hydrogen) atoms. The normalized spacial score (nSPS) is 11.9. The van der Waals surface area contributed by atoms with Crippen molar-refractivity contribution in [3.63, 3.8) is 0 Å². The van der Waals surface area contributed by atoms with Gasteiger partial charge in [-0.25, -0.2) is 4.79 Å². The van der Waals surface area contributed by atoms with Gasteiger partial charge in [0.2, 0.25) is 0 Å². The number of rotatable bonds is 5. The maximum atomic E-state index is 12.5. The highest BCUT2D eigenvalue weighted by molar-refractivity contribution is 5.90. The van der Waals surface area contributed by atoms with E-state index >= 15 is 0 Å². The maximum absolute atomic E-state index is 12.5. The molecule has 0 radical (unpaired) electrons. The van der Waals surface area contributed by atoms with Crippen molar-refractivity contribution in [3.8, 4) is 5.75 Å². The molecule has 0 aliphatic heterocycles. The quantitative estimate of drug-likeness (QED) is 0.559. The van der Waals surface area contributed by atoms with E-state index in [1.807, 2.05) is 60.7 Å². The molecule has 150 valence electrons. The van der Waals surface area contributed by atoms with Gasteiger partial charge in [-0.1, -0.05) is 88.4 Å². The molecular formula is C26H28O3. The van der Waals surface area contributed by atoms with Crippen LogP contribution >= 0.6 is 0 Å². The molecule has 0 aromatic heterocycles.